The monoisotopic (exact) mass is 420 g/mol. The lowest BCUT2D eigenvalue weighted by molar-refractivity contribution is 0.122. The highest BCUT2D eigenvalue weighted by atomic mass is 16.5. The molecule has 10 nitrogen and oxygen atoms in total. The summed E-state index contributed by atoms with van der Waals surface area (Å²) in [6.45, 7) is 3.44. The van der Waals surface area contributed by atoms with Crippen molar-refractivity contribution >= 4 is 28.6 Å². The first kappa shape index (κ1) is 19.5. The number of aromatic nitrogens is 4. The molecule has 1 aromatic carbocycles. The fourth-order valence-electron chi connectivity index (χ4n) is 3.73. The van der Waals surface area contributed by atoms with Crippen LogP contribution < -0.4 is 16.0 Å². The van der Waals surface area contributed by atoms with Crippen LogP contribution in [0.5, 0.6) is 0 Å². The lowest BCUT2D eigenvalue weighted by atomic mass is 10.1. The van der Waals surface area contributed by atoms with Crippen LogP contribution in [0.15, 0.2) is 47.9 Å². The molecule has 2 aliphatic heterocycles. The van der Waals surface area contributed by atoms with Crippen LogP contribution in [0.4, 0.5) is 5.95 Å². The number of nitrogens with zero attached hydrogens (tertiary/aromatic N) is 6. The molecule has 0 bridgehead atoms. The Hall–Kier alpha value is -3.50. The van der Waals surface area contributed by atoms with Crippen molar-refractivity contribution in [3.8, 4) is 0 Å². The van der Waals surface area contributed by atoms with E-state index in [2.05, 4.69) is 20.2 Å². The van der Waals surface area contributed by atoms with Gasteiger partial charge in [0.1, 0.15) is 11.2 Å². The average Bonchev–Trinajstić information content (AvgIpc) is 3.23. The van der Waals surface area contributed by atoms with Crippen LogP contribution in [0.25, 0.3) is 16.7 Å². The minimum Gasteiger partial charge on any atom is -0.387 e. The molecule has 0 amide bonds. The van der Waals surface area contributed by atoms with E-state index < -0.39 is 6.10 Å². The van der Waals surface area contributed by atoms with Gasteiger partial charge in [-0.3, -0.25) is 0 Å². The van der Waals surface area contributed by atoms with E-state index in [-0.39, 0.29) is 0 Å². The summed E-state index contributed by atoms with van der Waals surface area (Å²) in [5.74, 6) is 0.990. The third-order valence-electron chi connectivity index (χ3n) is 5.42. The number of anilines is 1. The zero-order chi connectivity index (χ0) is 21.2. The molecule has 0 radical (unpaired) electrons. The van der Waals surface area contributed by atoms with Crippen molar-refractivity contribution in [2.24, 2.45) is 10.7 Å². The molecule has 2 aliphatic rings. The van der Waals surface area contributed by atoms with Crippen molar-refractivity contribution < 1.29 is 9.84 Å². The number of ether oxygens (including phenoxy) is 1. The van der Waals surface area contributed by atoms with Gasteiger partial charge in [-0.25, -0.2) is 15.0 Å². The maximum absolute atomic E-state index is 10.7. The Morgan fingerprint density at radius 1 is 1.16 bits per heavy atom. The van der Waals surface area contributed by atoms with Gasteiger partial charge in [0, 0.05) is 24.9 Å². The quantitative estimate of drug-likeness (QED) is 0.549. The molecule has 1 saturated heterocycles. The first-order chi connectivity index (χ1) is 15.2. The fourth-order valence-corrected chi connectivity index (χ4v) is 3.73. The van der Waals surface area contributed by atoms with Gasteiger partial charge in [-0.2, -0.15) is 4.98 Å². The van der Waals surface area contributed by atoms with Crippen molar-refractivity contribution in [3.05, 3.63) is 54.1 Å². The summed E-state index contributed by atoms with van der Waals surface area (Å²) >= 11 is 0. The highest BCUT2D eigenvalue weighted by molar-refractivity contribution is 5.90. The Balaban J connectivity index is 1.56. The first-order valence-corrected chi connectivity index (χ1v) is 10.2. The highest BCUT2D eigenvalue weighted by Gasteiger charge is 2.22. The topological polar surface area (TPSA) is 127 Å². The molecule has 3 aromatic rings. The van der Waals surface area contributed by atoms with Gasteiger partial charge in [0.15, 0.2) is 11.6 Å². The maximum Gasteiger partial charge on any atom is 0.228 e. The van der Waals surface area contributed by atoms with Crippen molar-refractivity contribution in [2.45, 2.75) is 12.6 Å². The zero-order valence-electron chi connectivity index (χ0n) is 17.0. The van der Waals surface area contributed by atoms with Crippen molar-refractivity contribution in [1.82, 2.24) is 24.8 Å². The summed E-state index contributed by atoms with van der Waals surface area (Å²) in [7, 11) is 0. The summed E-state index contributed by atoms with van der Waals surface area (Å²) in [6.07, 6.45) is 2.83. The molecule has 1 unspecified atom stereocenters. The van der Waals surface area contributed by atoms with Gasteiger partial charge in [-0.05, 0) is 5.56 Å². The largest absolute Gasteiger partial charge is 0.387 e. The molecule has 10 heteroatoms. The summed E-state index contributed by atoms with van der Waals surface area (Å²) in [4.78, 5) is 20.6. The minimum absolute atomic E-state index is 0.335. The number of guanidine groups is 1. The summed E-state index contributed by atoms with van der Waals surface area (Å²) in [5.41, 5.74) is 9.51. The Kier molecular flexibility index (Phi) is 5.23. The lowest BCUT2D eigenvalue weighted by Gasteiger charge is -2.27. The van der Waals surface area contributed by atoms with E-state index in [1.807, 2.05) is 41.1 Å². The van der Waals surface area contributed by atoms with Crippen LogP contribution in [0.2, 0.25) is 0 Å². The first-order valence-electron chi connectivity index (χ1n) is 10.2. The molecule has 0 aliphatic carbocycles. The van der Waals surface area contributed by atoms with Gasteiger partial charge < -0.3 is 30.4 Å². The number of rotatable bonds is 5. The number of nitrogens with two attached hydrogens (primary N) is 1. The molecular weight excluding hydrogens is 396 g/mol. The molecule has 4 N–H and O–H groups in total. The number of hydrogen-bond donors (Lipinski definition) is 3. The predicted octanol–water partition coefficient (Wildman–Crippen LogP) is 0.655. The Morgan fingerprint density at radius 3 is 2.71 bits per heavy atom. The Labute approximate surface area is 179 Å². The predicted molar refractivity (Wildman–Crippen MR) is 117 cm³/mol. The third-order valence-corrected chi connectivity index (χ3v) is 5.42. The van der Waals surface area contributed by atoms with Gasteiger partial charge in [0.2, 0.25) is 5.95 Å². The molecule has 1 fully saturated rings. The molecular formula is C21H24N8O2. The number of aliphatic hydroxyl groups excluding tert-OH is 1. The van der Waals surface area contributed by atoms with Gasteiger partial charge >= 0.3 is 0 Å². The molecule has 31 heavy (non-hydrogen) atoms. The Bertz CT molecular complexity index is 1130. The van der Waals surface area contributed by atoms with Crippen molar-refractivity contribution in [1.29, 1.82) is 0 Å². The smallest absolute Gasteiger partial charge is 0.228 e. The van der Waals surface area contributed by atoms with Crippen LogP contribution in [-0.4, -0.2) is 63.4 Å². The van der Waals surface area contributed by atoms with Gasteiger partial charge in [-0.15, -0.1) is 0 Å². The van der Waals surface area contributed by atoms with Gasteiger partial charge in [-0.1, -0.05) is 30.3 Å². The molecule has 5 rings (SSSR count). The van der Waals surface area contributed by atoms with E-state index in [0.29, 0.717) is 68.2 Å². The number of aliphatic imine (C=N–C) groups is 1. The summed E-state index contributed by atoms with van der Waals surface area (Å²) < 4.78 is 7.35. The molecule has 0 spiro atoms. The molecule has 1 atom stereocenters. The molecule has 0 saturated carbocycles. The minimum atomic E-state index is -0.677. The van der Waals surface area contributed by atoms with E-state index in [1.165, 1.54) is 0 Å². The maximum atomic E-state index is 10.7. The second-order valence-corrected chi connectivity index (χ2v) is 7.48. The second-order valence-electron chi connectivity index (χ2n) is 7.48. The van der Waals surface area contributed by atoms with E-state index in [4.69, 9.17) is 20.4 Å². The highest BCUT2D eigenvalue weighted by Crippen LogP contribution is 2.27. The number of aliphatic hydroxyl groups is 1. The number of hydrogen-bond acceptors (Lipinski definition) is 9. The van der Waals surface area contributed by atoms with Crippen molar-refractivity contribution in [2.75, 3.05) is 37.7 Å². The van der Waals surface area contributed by atoms with E-state index in [1.54, 1.807) is 6.33 Å². The standard InChI is InChI=1S/C21H24N8O2/c22-20-23-10-15(11-24-20)17-18-19(27-21(26-17)28-6-8-31-9-7-28)29(13-25-18)12-16(30)14-4-2-1-3-5-14/h1-5,10,13,16,30H,6-9,11-12H2,(H3,22,23,24). The van der Waals surface area contributed by atoms with Crippen LogP contribution in [-0.2, 0) is 11.3 Å². The number of morpholine rings is 1. The summed E-state index contributed by atoms with van der Waals surface area (Å²) in [5, 5.41) is 13.7. The number of fused-ring (bicyclic) bond motifs is 1. The van der Waals surface area contributed by atoms with Gasteiger partial charge in [0.05, 0.1) is 38.7 Å². The van der Waals surface area contributed by atoms with Gasteiger partial charge in [0.25, 0.3) is 0 Å². The summed E-state index contributed by atoms with van der Waals surface area (Å²) in [6, 6.07) is 9.57. The fraction of sp³-hybridized carbons (Fsp3) is 0.333. The van der Waals surface area contributed by atoms with Crippen molar-refractivity contribution in [3.63, 3.8) is 0 Å². The Morgan fingerprint density at radius 2 is 1.97 bits per heavy atom. The third kappa shape index (κ3) is 3.94. The number of nitrogens with one attached hydrogen (secondary N) is 1. The van der Waals surface area contributed by atoms with E-state index in [0.717, 1.165) is 11.1 Å². The molecule has 4 heterocycles. The number of benzene rings is 1. The van der Waals surface area contributed by atoms with Crippen LogP contribution in [0, 0.1) is 0 Å². The van der Waals surface area contributed by atoms with Crippen LogP contribution in [0.1, 0.15) is 17.4 Å². The SMILES string of the molecule is NC1=NCC(c2nc(N3CCOCC3)nc3c2ncn3CC(O)c2ccccc2)=CN1. The second kappa shape index (κ2) is 8.32. The number of imidazole rings is 1. The normalized spacial score (nSPS) is 17.8. The van der Waals surface area contributed by atoms with E-state index in [9.17, 15) is 5.11 Å². The average molecular weight is 420 g/mol. The molecule has 160 valence electrons. The van der Waals surface area contributed by atoms with Crippen LogP contribution in [0.3, 0.4) is 0 Å². The van der Waals surface area contributed by atoms with Crippen LogP contribution >= 0.6 is 0 Å². The lowest BCUT2D eigenvalue weighted by Crippen LogP contribution is -2.37. The van der Waals surface area contributed by atoms with E-state index >= 15 is 0 Å². The molecule has 2 aromatic heterocycles. The zero-order valence-corrected chi connectivity index (χ0v) is 17.0.